The molecule has 8 heteroatoms. The molecule has 0 aromatic rings. The molecule has 0 spiro atoms. The predicted octanol–water partition coefficient (Wildman–Crippen LogP) is 8.43. The lowest BCUT2D eigenvalue weighted by atomic mass is 9.96. The molecule has 0 amide bonds. The number of ether oxygens (including phenoxy) is 3. The molecule has 0 heterocycles. The third kappa shape index (κ3) is 22.1. The molecule has 4 N–H and O–H groups in total. The largest absolute Gasteiger partial charge is 0.457 e. The molecule has 0 saturated heterocycles. The topological polar surface area (TPSA) is 126 Å². The van der Waals surface area contributed by atoms with Crippen molar-refractivity contribution < 1.29 is 39.4 Å². The Morgan fingerprint density at radius 1 is 0.562 bits per heavy atom. The van der Waals surface area contributed by atoms with Crippen LogP contribution in [0.25, 0.3) is 0 Å². The zero-order valence-corrected chi connectivity index (χ0v) is 31.6. The van der Waals surface area contributed by atoms with Crippen molar-refractivity contribution in [3.8, 4) is 0 Å². The van der Waals surface area contributed by atoms with E-state index in [1.165, 1.54) is 109 Å². The molecular formula is C40H78O8. The summed E-state index contributed by atoms with van der Waals surface area (Å²) < 4.78 is 16.8. The van der Waals surface area contributed by atoms with Gasteiger partial charge in [-0.2, -0.15) is 0 Å². The molecule has 0 aliphatic heterocycles. The van der Waals surface area contributed by atoms with Crippen LogP contribution in [-0.2, 0) is 19.0 Å². The van der Waals surface area contributed by atoms with Gasteiger partial charge in [0.15, 0.2) is 6.10 Å². The summed E-state index contributed by atoms with van der Waals surface area (Å²) in [5.74, 6) is 1.16. The van der Waals surface area contributed by atoms with Crippen molar-refractivity contribution >= 4 is 5.97 Å². The Morgan fingerprint density at radius 2 is 1.00 bits per heavy atom. The summed E-state index contributed by atoms with van der Waals surface area (Å²) in [5, 5.41) is 41.4. The normalized spacial score (nSPS) is 23.0. The highest BCUT2D eigenvalue weighted by Gasteiger charge is 2.52. The number of hydrogen-bond acceptors (Lipinski definition) is 8. The summed E-state index contributed by atoms with van der Waals surface area (Å²) in [6.45, 7) is 9.73. The smallest absolute Gasteiger partial charge is 0.306 e. The van der Waals surface area contributed by atoms with Gasteiger partial charge in [-0.3, -0.25) is 4.79 Å². The zero-order valence-electron chi connectivity index (χ0n) is 31.6. The molecular weight excluding hydrogens is 608 g/mol. The fourth-order valence-electron chi connectivity index (χ4n) is 6.83. The first-order valence-electron chi connectivity index (χ1n) is 20.3. The average Bonchev–Trinajstić information content (AvgIpc) is 3.26. The summed E-state index contributed by atoms with van der Waals surface area (Å²) in [4.78, 5) is 12.5. The van der Waals surface area contributed by atoms with Crippen LogP contribution in [0.4, 0.5) is 0 Å². The van der Waals surface area contributed by atoms with Gasteiger partial charge < -0.3 is 34.6 Å². The van der Waals surface area contributed by atoms with Crippen LogP contribution in [0.1, 0.15) is 182 Å². The highest BCUT2D eigenvalue weighted by Crippen LogP contribution is 2.28. The van der Waals surface area contributed by atoms with Crippen molar-refractivity contribution in [3.05, 3.63) is 0 Å². The van der Waals surface area contributed by atoms with Crippen LogP contribution in [0.3, 0.4) is 0 Å². The second-order valence-electron chi connectivity index (χ2n) is 15.1. The number of aliphatic hydroxyl groups excluding tert-OH is 4. The van der Waals surface area contributed by atoms with E-state index in [0.717, 1.165) is 43.9 Å². The Kier molecular flexibility index (Phi) is 28.2. The van der Waals surface area contributed by atoms with E-state index in [9.17, 15) is 25.2 Å². The van der Waals surface area contributed by atoms with Crippen LogP contribution < -0.4 is 0 Å². The van der Waals surface area contributed by atoms with Gasteiger partial charge in [0, 0.05) is 13.0 Å². The minimum atomic E-state index is -1.49. The van der Waals surface area contributed by atoms with Gasteiger partial charge in [-0.15, -0.1) is 0 Å². The Bertz CT molecular complexity index is 736. The molecule has 286 valence electrons. The van der Waals surface area contributed by atoms with Crippen LogP contribution >= 0.6 is 0 Å². The number of carbonyl (C=O) groups is 1. The predicted molar refractivity (Wildman–Crippen MR) is 195 cm³/mol. The van der Waals surface area contributed by atoms with Crippen molar-refractivity contribution in [2.45, 2.75) is 218 Å². The van der Waals surface area contributed by atoms with Crippen molar-refractivity contribution in [2.24, 2.45) is 11.8 Å². The van der Waals surface area contributed by atoms with Crippen LogP contribution in [0.15, 0.2) is 0 Å². The lowest BCUT2D eigenvalue weighted by molar-refractivity contribution is -0.168. The summed E-state index contributed by atoms with van der Waals surface area (Å²) in [7, 11) is 0. The van der Waals surface area contributed by atoms with Gasteiger partial charge in [-0.1, -0.05) is 163 Å². The maximum Gasteiger partial charge on any atom is 0.306 e. The lowest BCUT2D eigenvalue weighted by Gasteiger charge is -2.24. The molecule has 0 aromatic carbocycles. The van der Waals surface area contributed by atoms with Gasteiger partial charge in [0.25, 0.3) is 0 Å². The molecule has 0 aromatic heterocycles. The van der Waals surface area contributed by atoms with E-state index in [-0.39, 0.29) is 19.6 Å². The minimum Gasteiger partial charge on any atom is -0.457 e. The van der Waals surface area contributed by atoms with E-state index < -0.39 is 42.6 Å². The van der Waals surface area contributed by atoms with Crippen LogP contribution in [0.5, 0.6) is 0 Å². The average molecular weight is 687 g/mol. The van der Waals surface area contributed by atoms with Gasteiger partial charge >= 0.3 is 5.97 Å². The molecule has 1 saturated carbocycles. The molecule has 0 bridgehead atoms. The van der Waals surface area contributed by atoms with Crippen LogP contribution in [0.2, 0.25) is 0 Å². The molecule has 48 heavy (non-hydrogen) atoms. The Hall–Kier alpha value is -0.770. The molecule has 0 radical (unpaired) electrons. The van der Waals surface area contributed by atoms with Gasteiger partial charge in [0.05, 0.1) is 13.2 Å². The van der Waals surface area contributed by atoms with Crippen molar-refractivity contribution in [1.82, 2.24) is 0 Å². The molecule has 1 rings (SSSR count). The highest BCUT2D eigenvalue weighted by molar-refractivity contribution is 5.69. The van der Waals surface area contributed by atoms with Crippen LogP contribution in [0, 0.1) is 11.8 Å². The van der Waals surface area contributed by atoms with Gasteiger partial charge in [-0.25, -0.2) is 0 Å². The van der Waals surface area contributed by atoms with E-state index in [4.69, 9.17) is 14.2 Å². The third-order valence-electron chi connectivity index (χ3n) is 10.2. The number of unbranched alkanes of at least 4 members (excludes halogenated alkanes) is 15. The minimum absolute atomic E-state index is 0.0901. The van der Waals surface area contributed by atoms with E-state index >= 15 is 0 Å². The Balaban J connectivity index is 2.12. The lowest BCUT2D eigenvalue weighted by Crippen LogP contribution is -2.41. The quantitative estimate of drug-likeness (QED) is 0.0401. The van der Waals surface area contributed by atoms with Crippen molar-refractivity contribution in [3.63, 3.8) is 0 Å². The van der Waals surface area contributed by atoms with Gasteiger partial charge in [0.1, 0.15) is 30.5 Å². The maximum atomic E-state index is 12.5. The molecule has 8 unspecified atom stereocenters. The summed E-state index contributed by atoms with van der Waals surface area (Å²) in [5.41, 5.74) is 0. The second-order valence-corrected chi connectivity index (χ2v) is 15.1. The number of rotatable bonds is 33. The first-order valence-corrected chi connectivity index (χ1v) is 20.3. The SMILES string of the molecule is CCCCCCC(C)CCCCCCCCCOCC(O)COC1C(O)C(O)C(O)C1OC(=O)CCCCCCCC(C)CCCCC. The monoisotopic (exact) mass is 687 g/mol. The molecule has 1 fully saturated rings. The standard InChI is InChI=1S/C40H78O8/c1-5-7-9-19-25-33(4)27-20-14-11-10-12-17-23-29-46-30-34(41)31-47-39-37(44)36(43)38(45)40(39)48-35(42)28-22-16-13-15-21-26-32(3)24-18-8-6-2/h32-34,36-41,43-45H,5-31H2,1-4H3. The van der Waals surface area contributed by atoms with E-state index in [1.807, 2.05) is 0 Å². The number of esters is 1. The molecule has 8 nitrogen and oxygen atoms in total. The van der Waals surface area contributed by atoms with Crippen molar-refractivity contribution in [2.75, 3.05) is 19.8 Å². The van der Waals surface area contributed by atoms with E-state index in [0.29, 0.717) is 13.0 Å². The number of aliphatic hydroxyl groups is 4. The number of carbonyl (C=O) groups excluding carboxylic acids is 1. The Morgan fingerprint density at radius 3 is 1.56 bits per heavy atom. The van der Waals surface area contributed by atoms with E-state index in [1.54, 1.807) is 0 Å². The number of hydrogen-bond donors (Lipinski definition) is 4. The molecule has 1 aliphatic rings. The maximum absolute atomic E-state index is 12.5. The fourth-order valence-corrected chi connectivity index (χ4v) is 6.83. The Labute approximate surface area is 295 Å². The van der Waals surface area contributed by atoms with E-state index in [2.05, 4.69) is 27.7 Å². The zero-order chi connectivity index (χ0) is 35.4. The first-order chi connectivity index (χ1) is 23.2. The fraction of sp³-hybridized carbons (Fsp3) is 0.975. The summed E-state index contributed by atoms with van der Waals surface area (Å²) in [6.07, 6.45) is 20.8. The summed E-state index contributed by atoms with van der Waals surface area (Å²) >= 11 is 0. The second kappa shape index (κ2) is 29.9. The van der Waals surface area contributed by atoms with Gasteiger partial charge in [0.2, 0.25) is 0 Å². The highest BCUT2D eigenvalue weighted by atomic mass is 16.6. The third-order valence-corrected chi connectivity index (χ3v) is 10.2. The molecule has 8 atom stereocenters. The van der Waals surface area contributed by atoms with Crippen molar-refractivity contribution in [1.29, 1.82) is 0 Å². The molecule has 1 aliphatic carbocycles. The summed E-state index contributed by atoms with van der Waals surface area (Å²) in [6, 6.07) is 0. The van der Waals surface area contributed by atoms with Gasteiger partial charge in [-0.05, 0) is 24.7 Å². The first kappa shape index (κ1) is 45.3. The van der Waals surface area contributed by atoms with Crippen LogP contribution in [-0.4, -0.2) is 82.8 Å².